The molecule has 0 aliphatic heterocycles. The zero-order valence-corrected chi connectivity index (χ0v) is 10.2. The Morgan fingerprint density at radius 2 is 2.25 bits per heavy atom. The molecule has 1 aromatic heterocycles. The molecule has 0 fully saturated rings. The lowest BCUT2D eigenvalue weighted by atomic mass is 10.4. The van der Waals surface area contributed by atoms with E-state index in [0.717, 1.165) is 12.5 Å². The molecule has 1 aromatic rings. The third-order valence-electron chi connectivity index (χ3n) is 1.72. The number of aryl methyl sites for hydroxylation is 1. The molecular weight excluding hydrogens is 206 g/mol. The van der Waals surface area contributed by atoms with Crippen molar-refractivity contribution in [2.24, 2.45) is 4.99 Å². The summed E-state index contributed by atoms with van der Waals surface area (Å²) >= 11 is 0. The molecule has 16 heavy (non-hydrogen) atoms. The van der Waals surface area contributed by atoms with Gasteiger partial charge in [0.2, 0.25) is 5.89 Å². The van der Waals surface area contributed by atoms with Gasteiger partial charge >= 0.3 is 0 Å². The van der Waals surface area contributed by atoms with Crippen molar-refractivity contribution in [2.45, 2.75) is 40.3 Å². The smallest absolute Gasteiger partial charge is 0.223 e. The molecule has 0 aliphatic rings. The second-order valence-electron chi connectivity index (χ2n) is 3.72. The topological polar surface area (TPSA) is 75.3 Å². The summed E-state index contributed by atoms with van der Waals surface area (Å²) in [6.45, 7) is 9.15. The first-order chi connectivity index (χ1) is 7.61. The second-order valence-corrected chi connectivity index (χ2v) is 3.72. The summed E-state index contributed by atoms with van der Waals surface area (Å²) in [5.41, 5.74) is 0. The molecule has 0 aromatic carbocycles. The quantitative estimate of drug-likeness (QED) is 0.586. The van der Waals surface area contributed by atoms with E-state index in [9.17, 15) is 0 Å². The molecule has 6 nitrogen and oxygen atoms in total. The fourth-order valence-corrected chi connectivity index (χ4v) is 1.15. The van der Waals surface area contributed by atoms with Crippen LogP contribution in [0.1, 0.15) is 32.5 Å². The molecule has 0 radical (unpaired) electrons. The van der Waals surface area contributed by atoms with Crippen molar-refractivity contribution >= 4 is 5.96 Å². The molecule has 0 aliphatic carbocycles. The Kier molecular flexibility index (Phi) is 4.75. The standard InChI is InChI=1S/C10H19N5O/c1-5-11-10(13-7(2)3)12-6-9-14-8(4)16-15-9/h7H,5-6H2,1-4H3,(H2,11,12,13). The van der Waals surface area contributed by atoms with Crippen molar-refractivity contribution in [1.29, 1.82) is 0 Å². The van der Waals surface area contributed by atoms with Crippen LogP contribution in [0.25, 0.3) is 0 Å². The molecule has 2 N–H and O–H groups in total. The number of nitrogens with one attached hydrogen (secondary N) is 2. The number of hydrogen-bond donors (Lipinski definition) is 2. The van der Waals surface area contributed by atoms with Gasteiger partial charge in [-0.25, -0.2) is 4.99 Å². The Balaban J connectivity index is 2.56. The van der Waals surface area contributed by atoms with Crippen LogP contribution in [-0.4, -0.2) is 28.7 Å². The van der Waals surface area contributed by atoms with Crippen LogP contribution in [-0.2, 0) is 6.54 Å². The van der Waals surface area contributed by atoms with Crippen LogP contribution < -0.4 is 10.6 Å². The van der Waals surface area contributed by atoms with Crippen LogP contribution in [0.4, 0.5) is 0 Å². The number of guanidine groups is 1. The molecule has 0 bridgehead atoms. The molecule has 0 saturated carbocycles. The molecule has 90 valence electrons. The molecule has 6 heteroatoms. The minimum Gasteiger partial charge on any atom is -0.357 e. The van der Waals surface area contributed by atoms with E-state index in [2.05, 4.69) is 39.6 Å². The highest BCUT2D eigenvalue weighted by molar-refractivity contribution is 5.79. The fraction of sp³-hybridized carbons (Fsp3) is 0.700. The number of hydrogen-bond acceptors (Lipinski definition) is 4. The Morgan fingerprint density at radius 1 is 1.50 bits per heavy atom. The molecular formula is C10H19N5O. The number of aromatic nitrogens is 2. The third-order valence-corrected chi connectivity index (χ3v) is 1.72. The Bertz CT molecular complexity index is 345. The average molecular weight is 225 g/mol. The summed E-state index contributed by atoms with van der Waals surface area (Å²) in [5, 5.41) is 10.1. The molecule has 0 amide bonds. The molecule has 0 unspecified atom stereocenters. The third kappa shape index (κ3) is 4.29. The van der Waals surface area contributed by atoms with Crippen molar-refractivity contribution in [2.75, 3.05) is 6.54 Å². The zero-order valence-electron chi connectivity index (χ0n) is 10.2. The summed E-state index contributed by atoms with van der Waals surface area (Å²) in [6, 6.07) is 0.338. The first-order valence-corrected chi connectivity index (χ1v) is 5.45. The van der Waals surface area contributed by atoms with Crippen molar-refractivity contribution in [3.05, 3.63) is 11.7 Å². The molecule has 1 rings (SSSR count). The molecule has 0 atom stereocenters. The van der Waals surface area contributed by atoms with Gasteiger partial charge in [-0.3, -0.25) is 0 Å². The Hall–Kier alpha value is -1.59. The van der Waals surface area contributed by atoms with Gasteiger partial charge in [0.15, 0.2) is 11.8 Å². The van der Waals surface area contributed by atoms with Crippen LogP contribution in [0.3, 0.4) is 0 Å². The van der Waals surface area contributed by atoms with Crippen LogP contribution in [0.15, 0.2) is 9.52 Å². The molecule has 1 heterocycles. The maximum absolute atomic E-state index is 4.87. The maximum Gasteiger partial charge on any atom is 0.223 e. The first kappa shape index (κ1) is 12.5. The van der Waals surface area contributed by atoms with Gasteiger partial charge < -0.3 is 15.2 Å². The first-order valence-electron chi connectivity index (χ1n) is 5.45. The SMILES string of the molecule is CCNC(=NCc1noc(C)n1)NC(C)C. The van der Waals surface area contributed by atoms with Gasteiger partial charge in [0.1, 0.15) is 6.54 Å². The minimum absolute atomic E-state index is 0.338. The highest BCUT2D eigenvalue weighted by Gasteiger charge is 2.03. The normalized spacial score (nSPS) is 11.9. The second kappa shape index (κ2) is 6.09. The highest BCUT2D eigenvalue weighted by Crippen LogP contribution is 1.96. The number of rotatable bonds is 4. The van der Waals surface area contributed by atoms with Gasteiger partial charge in [-0.1, -0.05) is 5.16 Å². The van der Waals surface area contributed by atoms with Gasteiger partial charge in [0.25, 0.3) is 0 Å². The lowest BCUT2D eigenvalue weighted by Gasteiger charge is -2.13. The van der Waals surface area contributed by atoms with Gasteiger partial charge in [-0.15, -0.1) is 0 Å². The monoisotopic (exact) mass is 225 g/mol. The summed E-state index contributed by atoms with van der Waals surface area (Å²) in [7, 11) is 0. The van der Waals surface area contributed by atoms with Gasteiger partial charge in [0, 0.05) is 19.5 Å². The van der Waals surface area contributed by atoms with Crippen LogP contribution in [0, 0.1) is 6.92 Å². The minimum atomic E-state index is 0.338. The van der Waals surface area contributed by atoms with Crippen molar-refractivity contribution < 1.29 is 4.52 Å². The average Bonchev–Trinajstić information content (AvgIpc) is 2.60. The lowest BCUT2D eigenvalue weighted by molar-refractivity contribution is 0.387. The van der Waals surface area contributed by atoms with E-state index in [1.165, 1.54) is 0 Å². The predicted molar refractivity (Wildman–Crippen MR) is 62.1 cm³/mol. The molecule has 0 spiro atoms. The summed E-state index contributed by atoms with van der Waals surface area (Å²) in [6.07, 6.45) is 0. The fourth-order valence-electron chi connectivity index (χ4n) is 1.15. The van der Waals surface area contributed by atoms with E-state index < -0.39 is 0 Å². The number of nitrogens with zero attached hydrogens (tertiary/aromatic N) is 3. The number of aliphatic imine (C=N–C) groups is 1. The summed E-state index contributed by atoms with van der Waals surface area (Å²) in [5.74, 6) is 1.92. The Labute approximate surface area is 95.5 Å². The van der Waals surface area contributed by atoms with Gasteiger partial charge in [0.05, 0.1) is 0 Å². The summed E-state index contributed by atoms with van der Waals surface area (Å²) in [4.78, 5) is 8.43. The van der Waals surface area contributed by atoms with Gasteiger partial charge in [-0.05, 0) is 20.8 Å². The van der Waals surface area contributed by atoms with E-state index in [-0.39, 0.29) is 0 Å². The van der Waals surface area contributed by atoms with E-state index in [1.54, 1.807) is 6.92 Å². The van der Waals surface area contributed by atoms with Crippen LogP contribution in [0.2, 0.25) is 0 Å². The van der Waals surface area contributed by atoms with E-state index in [4.69, 9.17) is 4.52 Å². The lowest BCUT2D eigenvalue weighted by Crippen LogP contribution is -2.41. The zero-order chi connectivity index (χ0) is 12.0. The highest BCUT2D eigenvalue weighted by atomic mass is 16.5. The van der Waals surface area contributed by atoms with E-state index in [1.807, 2.05) is 6.92 Å². The predicted octanol–water partition coefficient (Wildman–Crippen LogP) is 0.842. The van der Waals surface area contributed by atoms with Crippen LogP contribution >= 0.6 is 0 Å². The Morgan fingerprint density at radius 3 is 2.75 bits per heavy atom. The maximum atomic E-state index is 4.87. The van der Waals surface area contributed by atoms with Crippen molar-refractivity contribution in [3.8, 4) is 0 Å². The van der Waals surface area contributed by atoms with E-state index in [0.29, 0.717) is 24.3 Å². The molecule has 0 saturated heterocycles. The van der Waals surface area contributed by atoms with Crippen molar-refractivity contribution in [1.82, 2.24) is 20.8 Å². The van der Waals surface area contributed by atoms with E-state index >= 15 is 0 Å². The summed E-state index contributed by atoms with van der Waals surface area (Å²) < 4.78 is 4.87. The largest absolute Gasteiger partial charge is 0.357 e. The van der Waals surface area contributed by atoms with Gasteiger partial charge in [-0.2, -0.15) is 4.98 Å². The van der Waals surface area contributed by atoms with Crippen molar-refractivity contribution in [3.63, 3.8) is 0 Å². The van der Waals surface area contributed by atoms with Crippen LogP contribution in [0.5, 0.6) is 0 Å².